The summed E-state index contributed by atoms with van der Waals surface area (Å²) in [6, 6.07) is 8.31. The van der Waals surface area contributed by atoms with E-state index in [4.69, 9.17) is 27.9 Å². The maximum atomic E-state index is 10.6. The van der Waals surface area contributed by atoms with E-state index >= 15 is 0 Å². The second-order valence-electron chi connectivity index (χ2n) is 3.58. The summed E-state index contributed by atoms with van der Waals surface area (Å²) in [4.78, 5) is 9.87. The molecule has 0 aliphatic rings. The SMILES string of the molecule is O=[N+]([O-])c1ccc(Oc2ccc(Cl)cc2Cl)cc1O. The van der Waals surface area contributed by atoms with Crippen molar-refractivity contribution in [1.82, 2.24) is 0 Å². The number of nitro groups is 1. The summed E-state index contributed by atoms with van der Waals surface area (Å²) in [6.45, 7) is 0. The lowest BCUT2D eigenvalue weighted by Gasteiger charge is -2.08. The highest BCUT2D eigenvalue weighted by Crippen LogP contribution is 2.35. The van der Waals surface area contributed by atoms with Crippen LogP contribution in [-0.2, 0) is 0 Å². The van der Waals surface area contributed by atoms with Crippen LogP contribution in [0.3, 0.4) is 0 Å². The van der Waals surface area contributed by atoms with E-state index in [1.54, 1.807) is 12.1 Å². The van der Waals surface area contributed by atoms with Crippen molar-refractivity contribution in [3.8, 4) is 17.2 Å². The molecule has 5 nitrogen and oxygen atoms in total. The minimum absolute atomic E-state index is 0.229. The minimum atomic E-state index is -0.686. The normalized spacial score (nSPS) is 10.2. The number of ether oxygens (including phenoxy) is 1. The summed E-state index contributed by atoms with van der Waals surface area (Å²) in [5, 5.41) is 20.8. The van der Waals surface area contributed by atoms with Crippen molar-refractivity contribution in [3.05, 3.63) is 56.6 Å². The number of phenols is 1. The van der Waals surface area contributed by atoms with E-state index in [9.17, 15) is 15.2 Å². The quantitative estimate of drug-likeness (QED) is 0.673. The molecular formula is C12H7Cl2NO4. The number of nitrogens with zero attached hydrogens (tertiary/aromatic N) is 1. The Morgan fingerprint density at radius 3 is 2.47 bits per heavy atom. The van der Waals surface area contributed by atoms with Crippen LogP contribution < -0.4 is 4.74 Å². The molecule has 0 aliphatic heterocycles. The summed E-state index contributed by atoms with van der Waals surface area (Å²) >= 11 is 11.7. The first-order valence-electron chi connectivity index (χ1n) is 5.07. The van der Waals surface area contributed by atoms with Gasteiger partial charge in [0.2, 0.25) is 0 Å². The summed E-state index contributed by atoms with van der Waals surface area (Å²) in [7, 11) is 0. The molecule has 1 N–H and O–H groups in total. The molecule has 7 heteroatoms. The second-order valence-corrected chi connectivity index (χ2v) is 4.43. The Kier molecular flexibility index (Phi) is 3.78. The molecular weight excluding hydrogens is 293 g/mol. The highest BCUT2D eigenvalue weighted by molar-refractivity contribution is 6.35. The number of rotatable bonds is 3. The van der Waals surface area contributed by atoms with E-state index in [1.165, 1.54) is 12.1 Å². The molecule has 0 spiro atoms. The Labute approximate surface area is 118 Å². The number of phenolic OH excluding ortho intramolecular Hbond substituents is 1. The van der Waals surface area contributed by atoms with Crippen LogP contribution in [0.5, 0.6) is 17.2 Å². The van der Waals surface area contributed by atoms with Gasteiger partial charge in [-0.2, -0.15) is 0 Å². The molecule has 0 atom stereocenters. The lowest BCUT2D eigenvalue weighted by Crippen LogP contribution is -1.90. The third kappa shape index (κ3) is 3.07. The Bertz CT molecular complexity index is 646. The van der Waals surface area contributed by atoms with Gasteiger partial charge in [-0.25, -0.2) is 0 Å². The van der Waals surface area contributed by atoms with Gasteiger partial charge in [0, 0.05) is 17.2 Å². The molecule has 0 aliphatic carbocycles. The third-order valence-electron chi connectivity index (χ3n) is 2.27. The van der Waals surface area contributed by atoms with Crippen LogP contribution in [0.2, 0.25) is 10.0 Å². The first-order chi connectivity index (χ1) is 8.97. The van der Waals surface area contributed by atoms with Gasteiger partial charge in [0.25, 0.3) is 0 Å². The third-order valence-corrected chi connectivity index (χ3v) is 2.80. The second kappa shape index (κ2) is 5.34. The van der Waals surface area contributed by atoms with Gasteiger partial charge in [0.1, 0.15) is 11.5 Å². The molecule has 2 aromatic carbocycles. The van der Waals surface area contributed by atoms with Gasteiger partial charge < -0.3 is 9.84 Å². The lowest BCUT2D eigenvalue weighted by molar-refractivity contribution is -0.385. The average molecular weight is 300 g/mol. The predicted octanol–water partition coefficient (Wildman–Crippen LogP) is 4.40. The first-order valence-corrected chi connectivity index (χ1v) is 5.83. The molecule has 2 aromatic rings. The van der Waals surface area contributed by atoms with E-state index in [0.717, 1.165) is 12.1 Å². The van der Waals surface area contributed by atoms with Crippen LogP contribution in [0.4, 0.5) is 5.69 Å². The van der Waals surface area contributed by atoms with E-state index < -0.39 is 16.4 Å². The van der Waals surface area contributed by atoms with Crippen LogP contribution in [0, 0.1) is 10.1 Å². The summed E-state index contributed by atoms with van der Waals surface area (Å²) in [6.07, 6.45) is 0. The topological polar surface area (TPSA) is 72.6 Å². The molecule has 0 heterocycles. The monoisotopic (exact) mass is 299 g/mol. The number of hydrogen-bond donors (Lipinski definition) is 1. The van der Waals surface area contributed by atoms with Crippen molar-refractivity contribution in [3.63, 3.8) is 0 Å². The van der Waals surface area contributed by atoms with E-state index in [-0.39, 0.29) is 5.75 Å². The van der Waals surface area contributed by atoms with Crippen molar-refractivity contribution in [2.24, 2.45) is 0 Å². The standard InChI is InChI=1S/C12H7Cl2NO4/c13-7-1-4-12(9(14)5-7)19-8-2-3-10(15(17)18)11(16)6-8/h1-6,16H. The molecule has 0 radical (unpaired) electrons. The summed E-state index contributed by atoms with van der Waals surface area (Å²) < 4.78 is 5.41. The van der Waals surface area contributed by atoms with E-state index in [0.29, 0.717) is 15.8 Å². The number of benzene rings is 2. The number of nitro benzene ring substituents is 1. The lowest BCUT2D eigenvalue weighted by atomic mass is 10.3. The van der Waals surface area contributed by atoms with E-state index in [2.05, 4.69) is 0 Å². The maximum absolute atomic E-state index is 10.6. The summed E-state index contributed by atoms with van der Waals surface area (Å²) in [5.41, 5.74) is -0.394. The van der Waals surface area contributed by atoms with Crippen molar-refractivity contribution in [2.45, 2.75) is 0 Å². The van der Waals surface area contributed by atoms with Crippen molar-refractivity contribution in [1.29, 1.82) is 0 Å². The zero-order valence-corrected chi connectivity index (χ0v) is 10.9. The Balaban J connectivity index is 2.29. The molecule has 0 amide bonds. The fourth-order valence-corrected chi connectivity index (χ4v) is 1.85. The largest absolute Gasteiger partial charge is 0.502 e. The van der Waals surface area contributed by atoms with Gasteiger partial charge in [-0.3, -0.25) is 10.1 Å². The van der Waals surface area contributed by atoms with Gasteiger partial charge in [-0.15, -0.1) is 0 Å². The van der Waals surface area contributed by atoms with Gasteiger partial charge in [-0.1, -0.05) is 23.2 Å². The van der Waals surface area contributed by atoms with Gasteiger partial charge in [0.05, 0.1) is 9.95 Å². The first kappa shape index (κ1) is 13.5. The van der Waals surface area contributed by atoms with Gasteiger partial charge in [-0.05, 0) is 24.3 Å². The van der Waals surface area contributed by atoms with Crippen LogP contribution in [0.25, 0.3) is 0 Å². The van der Waals surface area contributed by atoms with Gasteiger partial charge in [0.15, 0.2) is 5.75 Å². The van der Waals surface area contributed by atoms with Crippen LogP contribution in [0.1, 0.15) is 0 Å². The van der Waals surface area contributed by atoms with Crippen molar-refractivity contribution < 1.29 is 14.8 Å². The molecule has 0 unspecified atom stereocenters. The fourth-order valence-electron chi connectivity index (χ4n) is 1.41. The maximum Gasteiger partial charge on any atom is 0.310 e. The smallest absolute Gasteiger partial charge is 0.310 e. The fraction of sp³-hybridized carbons (Fsp3) is 0. The van der Waals surface area contributed by atoms with Crippen LogP contribution >= 0.6 is 23.2 Å². The molecule has 2 rings (SSSR count). The van der Waals surface area contributed by atoms with E-state index in [1.807, 2.05) is 0 Å². The van der Waals surface area contributed by atoms with Crippen molar-refractivity contribution in [2.75, 3.05) is 0 Å². The molecule has 19 heavy (non-hydrogen) atoms. The van der Waals surface area contributed by atoms with Crippen LogP contribution in [-0.4, -0.2) is 10.0 Å². The zero-order chi connectivity index (χ0) is 14.0. The number of hydrogen-bond acceptors (Lipinski definition) is 4. The molecule has 0 aromatic heterocycles. The average Bonchev–Trinajstić information content (AvgIpc) is 2.32. The number of halogens is 2. The summed E-state index contributed by atoms with van der Waals surface area (Å²) in [5.74, 6) is 0.0826. The Morgan fingerprint density at radius 1 is 1.16 bits per heavy atom. The Morgan fingerprint density at radius 2 is 1.89 bits per heavy atom. The van der Waals surface area contributed by atoms with Crippen molar-refractivity contribution >= 4 is 28.9 Å². The molecule has 0 fully saturated rings. The molecule has 0 bridgehead atoms. The predicted molar refractivity (Wildman–Crippen MR) is 71.3 cm³/mol. The highest BCUT2D eigenvalue weighted by Gasteiger charge is 2.14. The molecule has 0 saturated carbocycles. The Hall–Kier alpha value is -1.98. The minimum Gasteiger partial charge on any atom is -0.502 e. The molecule has 98 valence electrons. The molecule has 0 saturated heterocycles. The number of aromatic hydroxyl groups is 1. The highest BCUT2D eigenvalue weighted by atomic mass is 35.5. The van der Waals surface area contributed by atoms with Crippen LogP contribution in [0.15, 0.2) is 36.4 Å². The zero-order valence-electron chi connectivity index (χ0n) is 9.34. The van der Waals surface area contributed by atoms with Gasteiger partial charge >= 0.3 is 5.69 Å².